The van der Waals surface area contributed by atoms with Gasteiger partial charge in [0, 0.05) is 18.5 Å². The van der Waals surface area contributed by atoms with Crippen LogP contribution in [0.5, 0.6) is 0 Å². The molecular formula is C17H28N2O. The van der Waals surface area contributed by atoms with Gasteiger partial charge in [0.1, 0.15) is 0 Å². The van der Waals surface area contributed by atoms with Gasteiger partial charge in [0.05, 0.1) is 5.41 Å². The van der Waals surface area contributed by atoms with Crippen LogP contribution in [0.3, 0.4) is 0 Å². The van der Waals surface area contributed by atoms with Gasteiger partial charge in [-0.05, 0) is 25.3 Å². The summed E-state index contributed by atoms with van der Waals surface area (Å²) in [6.45, 7) is 8.66. The van der Waals surface area contributed by atoms with Crippen molar-refractivity contribution in [2.45, 2.75) is 52.5 Å². The van der Waals surface area contributed by atoms with E-state index in [1.165, 1.54) is 5.56 Å². The predicted molar refractivity (Wildman–Crippen MR) is 84.5 cm³/mol. The van der Waals surface area contributed by atoms with Gasteiger partial charge in [-0.25, -0.2) is 0 Å². The molecule has 0 fully saturated rings. The second kappa shape index (κ2) is 7.44. The van der Waals surface area contributed by atoms with Crippen LogP contribution in [0.15, 0.2) is 30.3 Å². The van der Waals surface area contributed by atoms with Gasteiger partial charge in [0.15, 0.2) is 0 Å². The number of hydrogen-bond donors (Lipinski definition) is 2. The lowest BCUT2D eigenvalue weighted by molar-refractivity contribution is -0.131. The Balaban J connectivity index is 2.75. The molecule has 0 aliphatic heterocycles. The summed E-state index contributed by atoms with van der Waals surface area (Å²) in [4.78, 5) is 12.5. The maximum Gasteiger partial charge on any atom is 0.227 e. The van der Waals surface area contributed by atoms with Crippen LogP contribution in [-0.2, 0) is 4.79 Å². The number of amides is 1. The summed E-state index contributed by atoms with van der Waals surface area (Å²) in [5.41, 5.74) is 6.65. The SMILES string of the molecule is CCC(CC)(CN)C(=O)NC(C)C(C)c1ccccc1. The second-order valence-corrected chi connectivity index (χ2v) is 5.65. The van der Waals surface area contributed by atoms with Crippen molar-refractivity contribution >= 4 is 5.91 Å². The molecule has 1 aromatic carbocycles. The van der Waals surface area contributed by atoms with Gasteiger partial charge in [-0.1, -0.05) is 51.1 Å². The first-order valence-corrected chi connectivity index (χ1v) is 7.56. The van der Waals surface area contributed by atoms with Crippen molar-refractivity contribution in [3.63, 3.8) is 0 Å². The molecule has 0 spiro atoms. The lowest BCUT2D eigenvalue weighted by Crippen LogP contribution is -2.49. The summed E-state index contributed by atoms with van der Waals surface area (Å²) in [7, 11) is 0. The smallest absolute Gasteiger partial charge is 0.227 e. The maximum absolute atomic E-state index is 12.5. The molecular weight excluding hydrogens is 248 g/mol. The lowest BCUT2D eigenvalue weighted by atomic mass is 9.81. The maximum atomic E-state index is 12.5. The minimum Gasteiger partial charge on any atom is -0.353 e. The van der Waals surface area contributed by atoms with Crippen LogP contribution in [-0.4, -0.2) is 18.5 Å². The Hall–Kier alpha value is -1.35. The molecule has 0 radical (unpaired) electrons. The van der Waals surface area contributed by atoms with Crippen LogP contribution in [0.25, 0.3) is 0 Å². The monoisotopic (exact) mass is 276 g/mol. The van der Waals surface area contributed by atoms with Crippen molar-refractivity contribution in [1.82, 2.24) is 5.32 Å². The zero-order valence-corrected chi connectivity index (χ0v) is 13.1. The van der Waals surface area contributed by atoms with Gasteiger partial charge in [-0.2, -0.15) is 0 Å². The zero-order chi connectivity index (χ0) is 15.2. The third-order valence-electron chi connectivity index (χ3n) is 4.66. The number of rotatable bonds is 7. The fraction of sp³-hybridized carbons (Fsp3) is 0.588. The quantitative estimate of drug-likeness (QED) is 0.804. The predicted octanol–water partition coefficient (Wildman–Crippen LogP) is 3.06. The van der Waals surface area contributed by atoms with Crippen LogP contribution < -0.4 is 11.1 Å². The standard InChI is InChI=1S/C17H28N2O/c1-5-17(6-2,12-18)16(20)19-14(4)13(3)15-10-8-7-9-11-15/h7-11,13-14H,5-6,12,18H2,1-4H3,(H,19,20). The highest BCUT2D eigenvalue weighted by Crippen LogP contribution is 2.26. The number of nitrogens with two attached hydrogens (primary N) is 1. The van der Waals surface area contributed by atoms with Crippen molar-refractivity contribution in [1.29, 1.82) is 0 Å². The Kier molecular flexibility index (Phi) is 6.21. The van der Waals surface area contributed by atoms with E-state index in [1.54, 1.807) is 0 Å². The normalized spacial score (nSPS) is 14.7. The van der Waals surface area contributed by atoms with E-state index in [-0.39, 0.29) is 17.9 Å². The Labute approximate surface area is 122 Å². The van der Waals surface area contributed by atoms with E-state index >= 15 is 0 Å². The molecule has 3 heteroatoms. The molecule has 1 amide bonds. The molecule has 112 valence electrons. The number of benzene rings is 1. The molecule has 2 unspecified atom stereocenters. The molecule has 0 bridgehead atoms. The first-order valence-electron chi connectivity index (χ1n) is 7.56. The summed E-state index contributed by atoms with van der Waals surface area (Å²) < 4.78 is 0. The fourth-order valence-corrected chi connectivity index (χ4v) is 2.48. The molecule has 1 rings (SSSR count). The molecule has 0 aliphatic rings. The average Bonchev–Trinajstić information content (AvgIpc) is 2.49. The van der Waals surface area contributed by atoms with E-state index in [4.69, 9.17) is 5.73 Å². The average molecular weight is 276 g/mol. The molecule has 1 aromatic rings. The van der Waals surface area contributed by atoms with E-state index in [0.717, 1.165) is 12.8 Å². The summed E-state index contributed by atoms with van der Waals surface area (Å²) >= 11 is 0. The van der Waals surface area contributed by atoms with E-state index in [2.05, 4.69) is 31.3 Å². The second-order valence-electron chi connectivity index (χ2n) is 5.65. The molecule has 0 aromatic heterocycles. The summed E-state index contributed by atoms with van der Waals surface area (Å²) in [5, 5.41) is 3.15. The molecule has 3 nitrogen and oxygen atoms in total. The highest BCUT2D eigenvalue weighted by atomic mass is 16.2. The number of carbonyl (C=O) groups is 1. The zero-order valence-electron chi connectivity index (χ0n) is 13.1. The molecule has 3 N–H and O–H groups in total. The number of carbonyl (C=O) groups excluding carboxylic acids is 1. The topological polar surface area (TPSA) is 55.1 Å². The van der Waals surface area contributed by atoms with Crippen LogP contribution in [0, 0.1) is 5.41 Å². The van der Waals surface area contributed by atoms with Crippen LogP contribution >= 0.6 is 0 Å². The van der Waals surface area contributed by atoms with Gasteiger partial charge in [0.2, 0.25) is 5.91 Å². The van der Waals surface area contributed by atoms with Crippen LogP contribution in [0.1, 0.15) is 52.0 Å². The van der Waals surface area contributed by atoms with Gasteiger partial charge in [-0.3, -0.25) is 4.79 Å². The van der Waals surface area contributed by atoms with Gasteiger partial charge >= 0.3 is 0 Å². The fourth-order valence-electron chi connectivity index (χ4n) is 2.48. The van der Waals surface area contributed by atoms with Crippen LogP contribution in [0.2, 0.25) is 0 Å². The number of hydrogen-bond acceptors (Lipinski definition) is 2. The first kappa shape index (κ1) is 16.7. The van der Waals surface area contributed by atoms with E-state index in [1.807, 2.05) is 32.0 Å². The summed E-state index contributed by atoms with van der Waals surface area (Å²) in [5.74, 6) is 0.365. The molecule has 2 atom stereocenters. The minimum absolute atomic E-state index is 0.0836. The largest absolute Gasteiger partial charge is 0.353 e. The summed E-state index contributed by atoms with van der Waals surface area (Å²) in [6.07, 6.45) is 1.55. The van der Waals surface area contributed by atoms with E-state index in [9.17, 15) is 4.79 Å². The van der Waals surface area contributed by atoms with Gasteiger partial charge < -0.3 is 11.1 Å². The van der Waals surface area contributed by atoms with Crippen molar-refractivity contribution in [2.75, 3.05) is 6.54 Å². The Morgan fingerprint density at radius 1 is 1.20 bits per heavy atom. The molecule has 0 aliphatic carbocycles. The summed E-state index contributed by atoms with van der Waals surface area (Å²) in [6, 6.07) is 10.4. The first-order chi connectivity index (χ1) is 9.50. The Bertz CT molecular complexity index is 404. The Morgan fingerprint density at radius 3 is 2.20 bits per heavy atom. The van der Waals surface area contributed by atoms with Gasteiger partial charge in [-0.15, -0.1) is 0 Å². The minimum atomic E-state index is -0.426. The molecule has 20 heavy (non-hydrogen) atoms. The van der Waals surface area contributed by atoms with Crippen molar-refractivity contribution in [3.8, 4) is 0 Å². The third-order valence-corrected chi connectivity index (χ3v) is 4.66. The number of nitrogens with one attached hydrogen (secondary N) is 1. The third kappa shape index (κ3) is 3.60. The van der Waals surface area contributed by atoms with Crippen molar-refractivity contribution in [3.05, 3.63) is 35.9 Å². The highest BCUT2D eigenvalue weighted by Gasteiger charge is 2.34. The van der Waals surface area contributed by atoms with E-state index in [0.29, 0.717) is 6.54 Å². The van der Waals surface area contributed by atoms with E-state index < -0.39 is 5.41 Å². The molecule has 0 heterocycles. The lowest BCUT2D eigenvalue weighted by Gasteiger charge is -2.32. The highest BCUT2D eigenvalue weighted by molar-refractivity contribution is 5.83. The molecule has 0 saturated carbocycles. The van der Waals surface area contributed by atoms with Crippen molar-refractivity contribution < 1.29 is 4.79 Å². The van der Waals surface area contributed by atoms with Gasteiger partial charge in [0.25, 0.3) is 0 Å². The Morgan fingerprint density at radius 2 is 1.75 bits per heavy atom. The molecule has 0 saturated heterocycles. The van der Waals surface area contributed by atoms with Crippen LogP contribution in [0.4, 0.5) is 0 Å². The van der Waals surface area contributed by atoms with Crippen molar-refractivity contribution in [2.24, 2.45) is 11.1 Å².